The zero-order valence-corrected chi connectivity index (χ0v) is 23.2. The maximum Gasteiger partial charge on any atom is 0.208 e. The molecule has 0 radical (unpaired) electrons. The second kappa shape index (κ2) is 12.1. The Balaban J connectivity index is 1.34. The molecule has 0 amide bonds. The number of ether oxygens (including phenoxy) is 2. The minimum absolute atomic E-state index is 0.0225. The van der Waals surface area contributed by atoms with Gasteiger partial charge in [-0.15, -0.1) is 0 Å². The van der Waals surface area contributed by atoms with Gasteiger partial charge in [0, 0.05) is 32.7 Å². The minimum atomic E-state index is -3.91. The van der Waals surface area contributed by atoms with Crippen molar-refractivity contribution >= 4 is 50.3 Å². The monoisotopic (exact) mass is 584 g/mol. The smallest absolute Gasteiger partial charge is 0.208 e. The molecule has 198 valence electrons. The van der Waals surface area contributed by atoms with Crippen molar-refractivity contribution in [2.24, 2.45) is 0 Å². The highest BCUT2D eigenvalue weighted by Crippen LogP contribution is 2.39. The number of aliphatic hydroxyl groups excluding tert-OH is 1. The van der Waals surface area contributed by atoms with Crippen LogP contribution in [0.15, 0.2) is 70.5 Å². The molecule has 4 rings (SSSR count). The molecule has 11 heteroatoms. The lowest BCUT2D eigenvalue weighted by atomic mass is 10.2. The van der Waals surface area contributed by atoms with E-state index >= 15 is 0 Å². The van der Waals surface area contributed by atoms with Crippen LogP contribution in [0, 0.1) is 0 Å². The summed E-state index contributed by atoms with van der Waals surface area (Å²) in [5.74, 6) is 0.732. The van der Waals surface area contributed by atoms with Gasteiger partial charge in [0.2, 0.25) is 9.84 Å². The number of para-hydroxylation sites is 1. The number of piperazine rings is 1. The van der Waals surface area contributed by atoms with Gasteiger partial charge in [0.1, 0.15) is 29.2 Å². The first-order valence-corrected chi connectivity index (χ1v) is 14.2. The number of hydrogen-bond donors (Lipinski definition) is 1. The highest BCUT2D eigenvalue weighted by atomic mass is 35.5. The average Bonchev–Trinajstić information content (AvgIpc) is 2.90. The van der Waals surface area contributed by atoms with Crippen LogP contribution >= 0.6 is 34.8 Å². The molecule has 1 unspecified atom stereocenters. The van der Waals surface area contributed by atoms with Crippen molar-refractivity contribution < 1.29 is 23.0 Å². The van der Waals surface area contributed by atoms with Crippen molar-refractivity contribution in [1.29, 1.82) is 0 Å². The lowest BCUT2D eigenvalue weighted by molar-refractivity contribution is 0.0663. The van der Waals surface area contributed by atoms with Crippen molar-refractivity contribution in [3.8, 4) is 11.5 Å². The first-order chi connectivity index (χ1) is 17.7. The van der Waals surface area contributed by atoms with Gasteiger partial charge in [-0.2, -0.15) is 0 Å². The quantitative estimate of drug-likeness (QED) is 0.377. The van der Waals surface area contributed by atoms with Crippen LogP contribution < -0.4 is 14.4 Å². The third-order valence-corrected chi connectivity index (χ3v) is 9.24. The zero-order chi connectivity index (χ0) is 26.6. The number of methoxy groups -OCH3 is 1. The molecule has 0 aromatic heterocycles. The number of hydrogen-bond acceptors (Lipinski definition) is 7. The molecule has 0 aliphatic carbocycles. The molecule has 7 nitrogen and oxygen atoms in total. The molecule has 0 spiro atoms. The summed E-state index contributed by atoms with van der Waals surface area (Å²) in [6.07, 6.45) is -0.774. The van der Waals surface area contributed by atoms with Gasteiger partial charge >= 0.3 is 0 Å². The number of rotatable bonds is 9. The van der Waals surface area contributed by atoms with Crippen molar-refractivity contribution in [2.45, 2.75) is 15.9 Å². The summed E-state index contributed by atoms with van der Waals surface area (Å²) < 4.78 is 36.9. The van der Waals surface area contributed by atoms with Gasteiger partial charge in [0.25, 0.3) is 0 Å². The van der Waals surface area contributed by atoms with Gasteiger partial charge in [0.05, 0.1) is 32.6 Å². The first kappa shape index (κ1) is 27.8. The molecule has 0 bridgehead atoms. The molecule has 3 aromatic carbocycles. The largest absolute Gasteiger partial charge is 0.497 e. The van der Waals surface area contributed by atoms with Gasteiger partial charge in [-0.3, -0.25) is 4.90 Å². The molecule has 1 aliphatic heterocycles. The summed E-state index contributed by atoms with van der Waals surface area (Å²) in [5, 5.41) is 11.1. The van der Waals surface area contributed by atoms with Crippen LogP contribution in [0.4, 0.5) is 5.69 Å². The number of aliphatic hydroxyl groups is 1. The fourth-order valence-electron chi connectivity index (χ4n) is 4.13. The fourth-order valence-corrected chi connectivity index (χ4v) is 6.46. The molecule has 1 fully saturated rings. The molecule has 1 atom stereocenters. The molecular formula is C26H27Cl3N2O5S. The predicted molar refractivity (Wildman–Crippen MR) is 147 cm³/mol. The van der Waals surface area contributed by atoms with E-state index in [2.05, 4.69) is 9.80 Å². The summed E-state index contributed by atoms with van der Waals surface area (Å²) in [7, 11) is -2.41. The lowest BCUT2D eigenvalue weighted by Crippen LogP contribution is -2.49. The second-order valence-corrected chi connectivity index (χ2v) is 11.7. The fraction of sp³-hybridized carbons (Fsp3) is 0.308. The number of benzene rings is 3. The number of β-amino-alcohol motifs (C(OH)–C–C–N with tert-alkyl or cyclic N) is 1. The Bertz CT molecular complexity index is 1330. The van der Waals surface area contributed by atoms with Crippen molar-refractivity contribution in [2.75, 3.05) is 51.3 Å². The Labute approximate surface area is 232 Å². The maximum absolute atomic E-state index is 13.1. The van der Waals surface area contributed by atoms with E-state index in [4.69, 9.17) is 44.3 Å². The second-order valence-electron chi connectivity index (χ2n) is 8.57. The van der Waals surface area contributed by atoms with Crippen LogP contribution in [0.5, 0.6) is 11.5 Å². The average molecular weight is 586 g/mol. The van der Waals surface area contributed by atoms with Crippen LogP contribution in [0.3, 0.4) is 0 Å². The van der Waals surface area contributed by atoms with Crippen LogP contribution in [0.1, 0.15) is 0 Å². The van der Waals surface area contributed by atoms with Crippen molar-refractivity contribution in [3.63, 3.8) is 0 Å². The Morgan fingerprint density at radius 1 is 0.919 bits per heavy atom. The van der Waals surface area contributed by atoms with Crippen LogP contribution in [0.25, 0.3) is 0 Å². The molecule has 1 N–H and O–H groups in total. The van der Waals surface area contributed by atoms with Crippen LogP contribution in [0.2, 0.25) is 15.1 Å². The normalized spacial score (nSPS) is 15.4. The summed E-state index contributed by atoms with van der Waals surface area (Å²) in [6, 6.07) is 16.5. The summed E-state index contributed by atoms with van der Waals surface area (Å²) in [4.78, 5) is 4.31. The van der Waals surface area contributed by atoms with E-state index in [1.807, 2.05) is 24.3 Å². The molecule has 0 saturated carbocycles. The Morgan fingerprint density at radius 2 is 1.59 bits per heavy atom. The summed E-state index contributed by atoms with van der Waals surface area (Å²) >= 11 is 19.0. The number of sulfone groups is 1. The van der Waals surface area contributed by atoms with E-state index in [1.165, 1.54) is 31.4 Å². The predicted octanol–water partition coefficient (Wildman–Crippen LogP) is 5.05. The maximum atomic E-state index is 13.1. The molecule has 37 heavy (non-hydrogen) atoms. The van der Waals surface area contributed by atoms with Gasteiger partial charge in [-0.1, -0.05) is 46.9 Å². The number of halogens is 3. The van der Waals surface area contributed by atoms with E-state index in [0.717, 1.165) is 36.9 Å². The van der Waals surface area contributed by atoms with Crippen LogP contribution in [-0.2, 0) is 9.84 Å². The molecule has 1 heterocycles. The van der Waals surface area contributed by atoms with Gasteiger partial charge < -0.3 is 19.5 Å². The molecular weight excluding hydrogens is 559 g/mol. The SMILES string of the molecule is COc1ccc(S(=O)(=O)c2ccc(OCC(O)CN3CCN(c4ccccc4Cl)CC3)c(Cl)c2Cl)cc1. The molecule has 1 saturated heterocycles. The van der Waals surface area contributed by atoms with E-state index in [9.17, 15) is 13.5 Å². The highest BCUT2D eigenvalue weighted by molar-refractivity contribution is 7.91. The Kier molecular flexibility index (Phi) is 9.11. The standard InChI is InChI=1S/C26H27Cl3N2O5S/c1-35-19-6-8-20(9-7-19)37(33,34)24-11-10-23(25(28)26(24)29)36-17-18(32)16-30-12-14-31(15-13-30)22-5-3-2-4-21(22)27/h2-11,18,32H,12-17H2,1H3. The van der Waals surface area contributed by atoms with E-state index in [0.29, 0.717) is 12.3 Å². The summed E-state index contributed by atoms with van der Waals surface area (Å²) in [5.41, 5.74) is 1.01. The van der Waals surface area contributed by atoms with Gasteiger partial charge in [-0.05, 0) is 48.5 Å². The lowest BCUT2D eigenvalue weighted by Gasteiger charge is -2.37. The van der Waals surface area contributed by atoms with E-state index in [1.54, 1.807) is 12.1 Å². The van der Waals surface area contributed by atoms with Crippen LogP contribution in [-0.4, -0.2) is 71.0 Å². The third-order valence-electron chi connectivity index (χ3n) is 6.14. The number of anilines is 1. The number of nitrogens with zero attached hydrogens (tertiary/aromatic N) is 2. The summed E-state index contributed by atoms with van der Waals surface area (Å²) in [6.45, 7) is 3.53. The van der Waals surface area contributed by atoms with E-state index in [-0.39, 0.29) is 32.2 Å². The minimum Gasteiger partial charge on any atom is -0.497 e. The zero-order valence-electron chi connectivity index (χ0n) is 20.1. The molecule has 3 aromatic rings. The highest BCUT2D eigenvalue weighted by Gasteiger charge is 2.25. The van der Waals surface area contributed by atoms with Crippen molar-refractivity contribution in [3.05, 3.63) is 75.7 Å². The van der Waals surface area contributed by atoms with E-state index < -0.39 is 15.9 Å². The Morgan fingerprint density at radius 3 is 2.24 bits per heavy atom. The molecule has 1 aliphatic rings. The van der Waals surface area contributed by atoms with Gasteiger partial charge in [0.15, 0.2) is 0 Å². The van der Waals surface area contributed by atoms with Crippen molar-refractivity contribution in [1.82, 2.24) is 4.90 Å². The third kappa shape index (κ3) is 6.45. The van der Waals surface area contributed by atoms with Gasteiger partial charge in [-0.25, -0.2) is 8.42 Å². The first-order valence-electron chi connectivity index (χ1n) is 11.6. The topological polar surface area (TPSA) is 79.3 Å². The Hall–Kier alpha value is -2.20.